The zero-order valence-corrected chi connectivity index (χ0v) is 12.7. The van der Waals surface area contributed by atoms with Gasteiger partial charge in [-0.25, -0.2) is 4.98 Å². The predicted octanol–water partition coefficient (Wildman–Crippen LogP) is 3.67. The van der Waals surface area contributed by atoms with Crippen LogP contribution in [0.1, 0.15) is 39.7 Å². The average molecular weight is 276 g/mol. The first-order valence-corrected chi connectivity index (χ1v) is 7.21. The number of thiazole rings is 1. The van der Waals surface area contributed by atoms with E-state index in [9.17, 15) is 0 Å². The molecule has 2 rings (SSSR count). The zero-order valence-electron chi connectivity index (χ0n) is 11.9. The second kappa shape index (κ2) is 5.72. The second-order valence-corrected chi connectivity index (χ2v) is 5.95. The molecule has 0 aliphatic carbocycles. The predicted molar refractivity (Wildman–Crippen MR) is 79.7 cm³/mol. The molecule has 0 fully saturated rings. The van der Waals surface area contributed by atoms with Crippen LogP contribution in [-0.2, 0) is 6.61 Å². The van der Waals surface area contributed by atoms with Gasteiger partial charge in [0.25, 0.3) is 0 Å². The molecule has 1 aromatic heterocycles. The SMILES string of the molecule is Cc1cccc(OCc2nc(C)c(C(C)N)s2)c1C. The molecule has 0 aliphatic rings. The minimum atomic E-state index is 0.0342. The van der Waals surface area contributed by atoms with Crippen LogP contribution in [0.4, 0.5) is 0 Å². The van der Waals surface area contributed by atoms with Crippen molar-refractivity contribution in [1.82, 2.24) is 4.98 Å². The van der Waals surface area contributed by atoms with E-state index >= 15 is 0 Å². The summed E-state index contributed by atoms with van der Waals surface area (Å²) in [5.41, 5.74) is 9.35. The lowest BCUT2D eigenvalue weighted by Crippen LogP contribution is -2.03. The Hall–Kier alpha value is -1.39. The molecule has 0 spiro atoms. The highest BCUT2D eigenvalue weighted by atomic mass is 32.1. The van der Waals surface area contributed by atoms with Crippen molar-refractivity contribution in [3.63, 3.8) is 0 Å². The quantitative estimate of drug-likeness (QED) is 0.927. The molecule has 2 aromatic rings. The molecule has 4 heteroatoms. The van der Waals surface area contributed by atoms with Crippen LogP contribution < -0.4 is 10.5 Å². The van der Waals surface area contributed by atoms with Crippen LogP contribution in [0.2, 0.25) is 0 Å². The normalized spacial score (nSPS) is 12.5. The molecule has 1 unspecified atom stereocenters. The van der Waals surface area contributed by atoms with Crippen molar-refractivity contribution < 1.29 is 4.74 Å². The molecule has 1 atom stereocenters. The molecule has 1 aromatic carbocycles. The van der Waals surface area contributed by atoms with Gasteiger partial charge in [0.2, 0.25) is 0 Å². The van der Waals surface area contributed by atoms with Gasteiger partial charge in [-0.1, -0.05) is 12.1 Å². The number of ether oxygens (including phenoxy) is 1. The number of aromatic nitrogens is 1. The number of hydrogen-bond donors (Lipinski definition) is 1. The third kappa shape index (κ3) is 3.14. The lowest BCUT2D eigenvalue weighted by molar-refractivity contribution is 0.303. The Morgan fingerprint density at radius 3 is 2.68 bits per heavy atom. The fraction of sp³-hybridized carbons (Fsp3) is 0.400. The molecule has 19 heavy (non-hydrogen) atoms. The molecule has 2 N–H and O–H groups in total. The molecule has 3 nitrogen and oxygen atoms in total. The second-order valence-electron chi connectivity index (χ2n) is 4.83. The van der Waals surface area contributed by atoms with Crippen molar-refractivity contribution in [2.24, 2.45) is 5.73 Å². The first-order valence-electron chi connectivity index (χ1n) is 6.40. The van der Waals surface area contributed by atoms with Crippen molar-refractivity contribution in [3.05, 3.63) is 44.9 Å². The van der Waals surface area contributed by atoms with Crippen LogP contribution >= 0.6 is 11.3 Å². The third-order valence-electron chi connectivity index (χ3n) is 3.20. The van der Waals surface area contributed by atoms with E-state index in [0.717, 1.165) is 21.3 Å². The molecule has 0 radical (unpaired) electrons. The van der Waals surface area contributed by atoms with E-state index in [1.54, 1.807) is 11.3 Å². The average Bonchev–Trinajstić information content (AvgIpc) is 2.73. The number of benzene rings is 1. The van der Waals surface area contributed by atoms with Gasteiger partial charge in [-0.3, -0.25) is 0 Å². The first-order chi connectivity index (χ1) is 8.99. The Labute approximate surface area is 118 Å². The third-order valence-corrected chi connectivity index (χ3v) is 4.53. The van der Waals surface area contributed by atoms with Gasteiger partial charge in [0.15, 0.2) is 0 Å². The van der Waals surface area contributed by atoms with Crippen molar-refractivity contribution >= 4 is 11.3 Å². The summed E-state index contributed by atoms with van der Waals surface area (Å²) in [6, 6.07) is 6.13. The molecule has 0 bridgehead atoms. The summed E-state index contributed by atoms with van der Waals surface area (Å²) in [5, 5.41) is 0.978. The van der Waals surface area contributed by atoms with Gasteiger partial charge in [-0.05, 0) is 44.9 Å². The molecule has 0 aliphatic heterocycles. The maximum atomic E-state index is 5.91. The zero-order chi connectivity index (χ0) is 14.0. The number of hydrogen-bond acceptors (Lipinski definition) is 4. The van der Waals surface area contributed by atoms with Gasteiger partial charge < -0.3 is 10.5 Å². The van der Waals surface area contributed by atoms with Gasteiger partial charge in [0.05, 0.1) is 5.69 Å². The van der Waals surface area contributed by atoms with E-state index in [2.05, 4.69) is 24.9 Å². The van der Waals surface area contributed by atoms with E-state index < -0.39 is 0 Å². The lowest BCUT2D eigenvalue weighted by Gasteiger charge is -2.09. The van der Waals surface area contributed by atoms with Crippen molar-refractivity contribution in [2.75, 3.05) is 0 Å². The van der Waals surface area contributed by atoms with Crippen molar-refractivity contribution in [1.29, 1.82) is 0 Å². The smallest absolute Gasteiger partial charge is 0.140 e. The molecule has 102 valence electrons. The van der Waals surface area contributed by atoms with Crippen molar-refractivity contribution in [3.8, 4) is 5.75 Å². The summed E-state index contributed by atoms with van der Waals surface area (Å²) in [5.74, 6) is 0.926. The maximum absolute atomic E-state index is 5.91. The standard InChI is InChI=1S/C15H20N2OS/c1-9-6-5-7-13(10(9)2)18-8-14-17-12(4)15(19-14)11(3)16/h5-7,11H,8,16H2,1-4H3. The summed E-state index contributed by atoms with van der Waals surface area (Å²) in [7, 11) is 0. The summed E-state index contributed by atoms with van der Waals surface area (Å²) in [6.07, 6.45) is 0. The molecule has 1 heterocycles. The highest BCUT2D eigenvalue weighted by Gasteiger charge is 2.12. The van der Waals surface area contributed by atoms with Crippen LogP contribution in [0, 0.1) is 20.8 Å². The van der Waals surface area contributed by atoms with Gasteiger partial charge in [-0.15, -0.1) is 11.3 Å². The van der Waals surface area contributed by atoms with Crippen LogP contribution in [0.3, 0.4) is 0 Å². The fourth-order valence-corrected chi connectivity index (χ4v) is 2.90. The first kappa shape index (κ1) is 14.0. The van der Waals surface area contributed by atoms with E-state index in [0.29, 0.717) is 6.61 Å². The van der Waals surface area contributed by atoms with Crippen LogP contribution in [0.15, 0.2) is 18.2 Å². The number of nitrogens with two attached hydrogens (primary N) is 1. The topological polar surface area (TPSA) is 48.1 Å². The minimum Gasteiger partial charge on any atom is -0.486 e. The molecule has 0 saturated carbocycles. The number of nitrogens with zero attached hydrogens (tertiary/aromatic N) is 1. The monoisotopic (exact) mass is 276 g/mol. The van der Waals surface area contributed by atoms with E-state index in [1.807, 2.05) is 26.0 Å². The Bertz CT molecular complexity index is 576. The highest BCUT2D eigenvalue weighted by molar-refractivity contribution is 7.11. The lowest BCUT2D eigenvalue weighted by atomic mass is 10.1. The summed E-state index contributed by atoms with van der Waals surface area (Å²) < 4.78 is 5.86. The van der Waals surface area contributed by atoms with E-state index in [4.69, 9.17) is 10.5 Å². The van der Waals surface area contributed by atoms with Gasteiger partial charge in [0.1, 0.15) is 17.4 Å². The molecule has 0 saturated heterocycles. The number of rotatable bonds is 4. The van der Waals surface area contributed by atoms with Gasteiger partial charge in [0, 0.05) is 10.9 Å². The minimum absolute atomic E-state index is 0.0342. The van der Waals surface area contributed by atoms with Crippen LogP contribution in [0.25, 0.3) is 0 Å². The van der Waals surface area contributed by atoms with Crippen LogP contribution in [-0.4, -0.2) is 4.98 Å². The van der Waals surface area contributed by atoms with Crippen LogP contribution in [0.5, 0.6) is 5.75 Å². The van der Waals surface area contributed by atoms with E-state index in [1.165, 1.54) is 11.1 Å². The Balaban J connectivity index is 2.10. The summed E-state index contributed by atoms with van der Waals surface area (Å²) in [4.78, 5) is 5.65. The Kier molecular flexibility index (Phi) is 4.22. The fourth-order valence-electron chi connectivity index (χ4n) is 1.97. The summed E-state index contributed by atoms with van der Waals surface area (Å²) >= 11 is 1.64. The highest BCUT2D eigenvalue weighted by Crippen LogP contribution is 2.26. The molecule has 0 amide bonds. The summed E-state index contributed by atoms with van der Waals surface area (Å²) in [6.45, 7) is 8.64. The Morgan fingerprint density at radius 2 is 2.05 bits per heavy atom. The van der Waals surface area contributed by atoms with Gasteiger partial charge >= 0.3 is 0 Å². The van der Waals surface area contributed by atoms with Gasteiger partial charge in [-0.2, -0.15) is 0 Å². The largest absolute Gasteiger partial charge is 0.486 e. The van der Waals surface area contributed by atoms with Crippen molar-refractivity contribution in [2.45, 2.75) is 40.3 Å². The number of aryl methyl sites for hydroxylation is 2. The Morgan fingerprint density at radius 1 is 1.32 bits per heavy atom. The molecular formula is C15H20N2OS. The van der Waals surface area contributed by atoms with E-state index in [-0.39, 0.29) is 6.04 Å². The maximum Gasteiger partial charge on any atom is 0.140 e. The molecular weight excluding hydrogens is 256 g/mol.